The number of rotatable bonds is 7. The van der Waals surface area contributed by atoms with Crippen molar-refractivity contribution in [3.63, 3.8) is 0 Å². The lowest BCUT2D eigenvalue weighted by atomic mass is 10.2. The molecule has 0 spiro atoms. The molecule has 0 aromatic heterocycles. The Labute approximate surface area is 119 Å². The van der Waals surface area contributed by atoms with Crippen molar-refractivity contribution in [3.8, 4) is 0 Å². The van der Waals surface area contributed by atoms with Crippen LogP contribution in [0, 0.1) is 0 Å². The van der Waals surface area contributed by atoms with Gasteiger partial charge in [0.25, 0.3) is 0 Å². The second kappa shape index (κ2) is 7.09. The van der Waals surface area contributed by atoms with E-state index in [1.54, 1.807) is 6.07 Å². The third-order valence-corrected chi connectivity index (χ3v) is 4.66. The number of nitrogens with two attached hydrogens (primary N) is 1. The summed E-state index contributed by atoms with van der Waals surface area (Å²) in [6.45, 7) is 2.28. The summed E-state index contributed by atoms with van der Waals surface area (Å²) in [4.78, 5) is -0.0751. The van der Waals surface area contributed by atoms with E-state index in [1.807, 2.05) is 6.92 Å². The summed E-state index contributed by atoms with van der Waals surface area (Å²) in [6.07, 6.45) is 1.52. The molecule has 5 nitrogen and oxygen atoms in total. The highest BCUT2D eigenvalue weighted by Gasteiger charge is 2.24. The minimum Gasteiger partial charge on any atom is -0.398 e. The lowest BCUT2D eigenvalue weighted by Crippen LogP contribution is -2.38. The summed E-state index contributed by atoms with van der Waals surface area (Å²) in [5.41, 5.74) is 5.83. The highest BCUT2D eigenvalue weighted by Crippen LogP contribution is 2.27. The molecule has 7 heteroatoms. The fraction of sp³-hybridized carbons (Fsp3) is 0.500. The SMILES string of the molecule is CCCC(COC)NS(=O)(=O)c1c(N)cccc1Cl. The van der Waals surface area contributed by atoms with E-state index < -0.39 is 10.0 Å². The van der Waals surface area contributed by atoms with Gasteiger partial charge >= 0.3 is 0 Å². The molecule has 108 valence electrons. The number of nitrogens with one attached hydrogen (secondary N) is 1. The van der Waals surface area contributed by atoms with E-state index in [4.69, 9.17) is 22.1 Å². The summed E-state index contributed by atoms with van der Waals surface area (Å²) in [6, 6.07) is 4.31. The average molecular weight is 307 g/mol. The van der Waals surface area contributed by atoms with Crippen molar-refractivity contribution < 1.29 is 13.2 Å². The monoisotopic (exact) mass is 306 g/mol. The van der Waals surface area contributed by atoms with Gasteiger partial charge in [0.2, 0.25) is 10.0 Å². The Kier molecular flexibility index (Phi) is 6.06. The molecule has 19 heavy (non-hydrogen) atoms. The van der Waals surface area contributed by atoms with Gasteiger partial charge in [-0.3, -0.25) is 0 Å². The molecule has 0 amide bonds. The number of sulfonamides is 1. The van der Waals surface area contributed by atoms with Gasteiger partial charge in [0.05, 0.1) is 17.3 Å². The number of anilines is 1. The van der Waals surface area contributed by atoms with E-state index in [0.717, 1.165) is 6.42 Å². The van der Waals surface area contributed by atoms with Crippen LogP contribution in [0.2, 0.25) is 5.02 Å². The minimum absolute atomic E-state index is 0.0751. The quantitative estimate of drug-likeness (QED) is 0.755. The van der Waals surface area contributed by atoms with Crippen molar-refractivity contribution in [2.45, 2.75) is 30.7 Å². The van der Waals surface area contributed by atoms with E-state index in [2.05, 4.69) is 4.72 Å². The normalized spacial score (nSPS) is 13.4. The summed E-state index contributed by atoms with van der Waals surface area (Å²) in [5.74, 6) is 0. The third kappa shape index (κ3) is 4.35. The average Bonchev–Trinajstić information content (AvgIpc) is 2.28. The van der Waals surface area contributed by atoms with Crippen LogP contribution in [0.25, 0.3) is 0 Å². The van der Waals surface area contributed by atoms with Gasteiger partial charge in [0.1, 0.15) is 4.90 Å². The van der Waals surface area contributed by atoms with Crippen LogP contribution in [-0.4, -0.2) is 28.2 Å². The molecule has 0 bridgehead atoms. The van der Waals surface area contributed by atoms with Gasteiger partial charge in [-0.15, -0.1) is 0 Å². The first-order valence-corrected chi connectivity index (χ1v) is 7.83. The third-order valence-electron chi connectivity index (χ3n) is 2.59. The first-order valence-electron chi connectivity index (χ1n) is 5.97. The molecule has 1 rings (SSSR count). The van der Waals surface area contributed by atoms with Gasteiger partial charge in [-0.1, -0.05) is 31.0 Å². The Balaban J connectivity index is 3.03. The zero-order chi connectivity index (χ0) is 14.5. The molecular formula is C12H19ClN2O3S. The molecule has 0 heterocycles. The number of methoxy groups -OCH3 is 1. The summed E-state index contributed by atoms with van der Waals surface area (Å²) in [5, 5.41) is 0.111. The van der Waals surface area contributed by atoms with Crippen LogP contribution in [0.15, 0.2) is 23.1 Å². The van der Waals surface area contributed by atoms with Crippen LogP contribution >= 0.6 is 11.6 Å². The predicted molar refractivity (Wildman–Crippen MR) is 76.8 cm³/mol. The Morgan fingerprint density at radius 3 is 2.68 bits per heavy atom. The fourth-order valence-corrected chi connectivity index (χ4v) is 3.75. The molecule has 0 aliphatic carbocycles. The van der Waals surface area contributed by atoms with Gasteiger partial charge in [-0.25, -0.2) is 13.1 Å². The van der Waals surface area contributed by atoms with Crippen LogP contribution in [-0.2, 0) is 14.8 Å². The van der Waals surface area contributed by atoms with Gasteiger partial charge < -0.3 is 10.5 Å². The summed E-state index contributed by atoms with van der Waals surface area (Å²) < 4.78 is 32.2. The molecule has 0 aliphatic rings. The minimum atomic E-state index is -3.75. The van der Waals surface area contributed by atoms with E-state index in [0.29, 0.717) is 13.0 Å². The maximum atomic E-state index is 12.3. The topological polar surface area (TPSA) is 81.4 Å². The molecule has 1 aromatic carbocycles. The molecule has 0 radical (unpaired) electrons. The number of halogens is 1. The number of hydrogen-bond donors (Lipinski definition) is 2. The Morgan fingerprint density at radius 2 is 2.16 bits per heavy atom. The van der Waals surface area contributed by atoms with Gasteiger partial charge in [0.15, 0.2) is 0 Å². The van der Waals surface area contributed by atoms with Crippen molar-refractivity contribution in [1.82, 2.24) is 4.72 Å². The molecule has 3 N–H and O–H groups in total. The molecule has 1 atom stereocenters. The summed E-state index contributed by atoms with van der Waals surface area (Å²) in [7, 11) is -2.22. The fourth-order valence-electron chi connectivity index (χ4n) is 1.81. The van der Waals surface area contributed by atoms with E-state index in [-0.39, 0.29) is 21.6 Å². The molecular weight excluding hydrogens is 288 g/mol. The Bertz CT molecular complexity index is 493. The van der Waals surface area contributed by atoms with E-state index in [9.17, 15) is 8.42 Å². The predicted octanol–water partition coefficient (Wildman–Crippen LogP) is 2.02. The molecule has 1 unspecified atom stereocenters. The zero-order valence-electron chi connectivity index (χ0n) is 11.0. The van der Waals surface area contributed by atoms with Crippen LogP contribution in [0.4, 0.5) is 5.69 Å². The first-order chi connectivity index (χ1) is 8.92. The van der Waals surface area contributed by atoms with Gasteiger partial charge in [-0.05, 0) is 18.6 Å². The number of benzene rings is 1. The van der Waals surface area contributed by atoms with Crippen molar-refractivity contribution in [1.29, 1.82) is 0 Å². The van der Waals surface area contributed by atoms with Crippen molar-refractivity contribution >= 4 is 27.3 Å². The van der Waals surface area contributed by atoms with E-state index in [1.165, 1.54) is 19.2 Å². The highest BCUT2D eigenvalue weighted by molar-refractivity contribution is 7.89. The lowest BCUT2D eigenvalue weighted by molar-refractivity contribution is 0.171. The second-order valence-electron chi connectivity index (χ2n) is 4.22. The van der Waals surface area contributed by atoms with Crippen LogP contribution in [0.1, 0.15) is 19.8 Å². The standard InChI is InChI=1S/C12H19ClN2O3S/c1-3-5-9(8-18-2)15-19(16,17)12-10(13)6-4-7-11(12)14/h4,6-7,9,15H,3,5,8,14H2,1-2H3. The molecule has 0 saturated heterocycles. The smallest absolute Gasteiger partial charge is 0.244 e. The molecule has 1 aromatic rings. The first kappa shape index (κ1) is 16.2. The largest absolute Gasteiger partial charge is 0.398 e. The summed E-state index contributed by atoms with van der Waals surface area (Å²) >= 11 is 5.92. The maximum absolute atomic E-state index is 12.3. The second-order valence-corrected chi connectivity index (χ2v) is 6.28. The lowest BCUT2D eigenvalue weighted by Gasteiger charge is -2.18. The zero-order valence-corrected chi connectivity index (χ0v) is 12.6. The van der Waals surface area contributed by atoms with Crippen LogP contribution in [0.3, 0.4) is 0 Å². The van der Waals surface area contributed by atoms with E-state index >= 15 is 0 Å². The van der Waals surface area contributed by atoms with Crippen molar-refractivity contribution in [2.24, 2.45) is 0 Å². The van der Waals surface area contributed by atoms with Crippen LogP contribution in [0.5, 0.6) is 0 Å². The van der Waals surface area contributed by atoms with Gasteiger partial charge in [0, 0.05) is 13.2 Å². The molecule has 0 aliphatic heterocycles. The Morgan fingerprint density at radius 1 is 1.47 bits per heavy atom. The molecule has 0 saturated carbocycles. The van der Waals surface area contributed by atoms with Crippen molar-refractivity contribution in [2.75, 3.05) is 19.5 Å². The maximum Gasteiger partial charge on any atom is 0.244 e. The number of hydrogen-bond acceptors (Lipinski definition) is 4. The van der Waals surface area contributed by atoms with Crippen LogP contribution < -0.4 is 10.5 Å². The number of ether oxygens (including phenoxy) is 1. The van der Waals surface area contributed by atoms with Gasteiger partial charge in [-0.2, -0.15) is 0 Å². The Hall–Kier alpha value is -0.820. The molecule has 0 fully saturated rings. The number of nitrogen functional groups attached to an aromatic ring is 1. The van der Waals surface area contributed by atoms with Crippen molar-refractivity contribution in [3.05, 3.63) is 23.2 Å². The highest BCUT2D eigenvalue weighted by atomic mass is 35.5.